The average molecular weight is 310 g/mol. The summed E-state index contributed by atoms with van der Waals surface area (Å²) in [5.74, 6) is 0.900. The lowest BCUT2D eigenvalue weighted by atomic mass is 10.2. The fourth-order valence-electron chi connectivity index (χ4n) is 1.75. The molecule has 5 heteroatoms. The van der Waals surface area contributed by atoms with Crippen LogP contribution in [0.25, 0.3) is 0 Å². The molecule has 0 aromatic carbocycles. The lowest BCUT2D eigenvalue weighted by Crippen LogP contribution is -2.15. The van der Waals surface area contributed by atoms with Crippen LogP contribution in [0.15, 0.2) is 0 Å². The van der Waals surface area contributed by atoms with Crippen molar-refractivity contribution in [2.24, 2.45) is 0 Å². The van der Waals surface area contributed by atoms with Gasteiger partial charge in [0.25, 0.3) is 0 Å². The average Bonchev–Trinajstić information content (AvgIpc) is 2.41. The van der Waals surface area contributed by atoms with E-state index in [-0.39, 0.29) is 12.4 Å². The summed E-state index contributed by atoms with van der Waals surface area (Å²) in [5.41, 5.74) is 0. The summed E-state index contributed by atoms with van der Waals surface area (Å²) in [7, 11) is 0. The zero-order valence-corrected chi connectivity index (χ0v) is 13.5. The van der Waals surface area contributed by atoms with Crippen LogP contribution >= 0.6 is 11.8 Å². The summed E-state index contributed by atoms with van der Waals surface area (Å²) >= 11 is 1.82. The number of carbonyl (C=O) groups is 1. The van der Waals surface area contributed by atoms with E-state index < -0.39 is 6.43 Å². The van der Waals surface area contributed by atoms with Gasteiger partial charge in [-0.1, -0.05) is 26.7 Å². The number of rotatable bonds is 13. The quantitative estimate of drug-likeness (QED) is 0.351. The van der Waals surface area contributed by atoms with E-state index in [4.69, 9.17) is 4.74 Å². The molecule has 0 aromatic rings. The Morgan fingerprint density at radius 2 is 1.85 bits per heavy atom. The van der Waals surface area contributed by atoms with Crippen LogP contribution in [-0.2, 0) is 9.53 Å². The van der Waals surface area contributed by atoms with Gasteiger partial charge >= 0.3 is 5.97 Å². The number of carbonyl (C=O) groups excluding carboxylic acids is 1. The summed E-state index contributed by atoms with van der Waals surface area (Å²) in [6, 6.07) is 0. The van der Waals surface area contributed by atoms with Crippen molar-refractivity contribution < 1.29 is 18.3 Å². The topological polar surface area (TPSA) is 26.3 Å². The van der Waals surface area contributed by atoms with E-state index in [9.17, 15) is 13.6 Å². The van der Waals surface area contributed by atoms with Crippen molar-refractivity contribution in [3.05, 3.63) is 0 Å². The van der Waals surface area contributed by atoms with Gasteiger partial charge in [0.05, 0.1) is 0 Å². The number of unbranched alkanes of at least 4 members (excludes halogenated alkanes) is 3. The zero-order chi connectivity index (χ0) is 15.2. The molecule has 0 bridgehead atoms. The molecule has 0 saturated heterocycles. The van der Waals surface area contributed by atoms with Crippen LogP contribution < -0.4 is 0 Å². The summed E-state index contributed by atoms with van der Waals surface area (Å²) in [4.78, 5) is 11.3. The molecular formula is C15H28F2O2S. The van der Waals surface area contributed by atoms with Crippen molar-refractivity contribution in [3.8, 4) is 0 Å². The minimum absolute atomic E-state index is 0.0259. The predicted molar refractivity (Wildman–Crippen MR) is 81.5 cm³/mol. The molecule has 0 radical (unpaired) electrons. The van der Waals surface area contributed by atoms with E-state index >= 15 is 0 Å². The Morgan fingerprint density at radius 3 is 2.45 bits per heavy atom. The van der Waals surface area contributed by atoms with Crippen LogP contribution in [0.1, 0.15) is 65.2 Å². The van der Waals surface area contributed by atoms with Gasteiger partial charge in [-0.05, 0) is 31.4 Å². The van der Waals surface area contributed by atoms with E-state index in [1.54, 1.807) is 0 Å². The number of halogens is 2. The standard InChI is InChI=1S/C15H28F2O2S/c1-3-9-15(18)19-12-13(4-2)20-11-8-6-5-7-10-14(16)17/h13-14H,3-12H2,1-2H3. The number of hydrogen-bond acceptors (Lipinski definition) is 3. The maximum Gasteiger partial charge on any atom is 0.305 e. The molecule has 0 amide bonds. The van der Waals surface area contributed by atoms with Gasteiger partial charge in [-0.2, -0.15) is 11.8 Å². The number of alkyl halides is 2. The third-order valence-electron chi connectivity index (χ3n) is 3.01. The molecule has 0 fully saturated rings. The molecule has 120 valence electrons. The van der Waals surface area contributed by atoms with Gasteiger partial charge in [-0.25, -0.2) is 8.78 Å². The summed E-state index contributed by atoms with van der Waals surface area (Å²) in [6.45, 7) is 4.54. The van der Waals surface area contributed by atoms with Crippen LogP contribution in [0.3, 0.4) is 0 Å². The first-order valence-corrected chi connectivity index (χ1v) is 8.70. The van der Waals surface area contributed by atoms with Crippen LogP contribution in [0, 0.1) is 0 Å². The van der Waals surface area contributed by atoms with Gasteiger partial charge in [0.1, 0.15) is 6.61 Å². The maximum absolute atomic E-state index is 11.9. The van der Waals surface area contributed by atoms with E-state index in [2.05, 4.69) is 6.92 Å². The summed E-state index contributed by atoms with van der Waals surface area (Å²) < 4.78 is 29.1. The molecule has 20 heavy (non-hydrogen) atoms. The van der Waals surface area contributed by atoms with Crippen molar-refractivity contribution in [2.45, 2.75) is 76.9 Å². The highest BCUT2D eigenvalue weighted by Crippen LogP contribution is 2.18. The Labute approximate surface area is 126 Å². The van der Waals surface area contributed by atoms with E-state index in [0.29, 0.717) is 24.7 Å². The molecule has 0 aliphatic carbocycles. The van der Waals surface area contributed by atoms with Crippen molar-refractivity contribution in [3.63, 3.8) is 0 Å². The molecule has 0 saturated carbocycles. The summed E-state index contributed by atoms with van der Waals surface area (Å²) in [5, 5.41) is 0.358. The fraction of sp³-hybridized carbons (Fsp3) is 0.933. The van der Waals surface area contributed by atoms with Crippen LogP contribution in [0.2, 0.25) is 0 Å². The molecule has 0 heterocycles. The van der Waals surface area contributed by atoms with E-state index in [1.807, 2.05) is 18.7 Å². The van der Waals surface area contributed by atoms with Crippen molar-refractivity contribution in [1.82, 2.24) is 0 Å². The van der Waals surface area contributed by atoms with Crippen molar-refractivity contribution in [2.75, 3.05) is 12.4 Å². The lowest BCUT2D eigenvalue weighted by Gasteiger charge is -2.14. The highest BCUT2D eigenvalue weighted by atomic mass is 32.2. The Bertz CT molecular complexity index is 238. The molecule has 0 rings (SSSR count). The molecule has 0 N–H and O–H groups in total. The molecular weight excluding hydrogens is 282 g/mol. The van der Waals surface area contributed by atoms with Crippen molar-refractivity contribution in [1.29, 1.82) is 0 Å². The molecule has 1 atom stereocenters. The Balaban J connectivity index is 3.47. The third kappa shape index (κ3) is 12.7. The highest BCUT2D eigenvalue weighted by Gasteiger charge is 2.10. The zero-order valence-electron chi connectivity index (χ0n) is 12.7. The smallest absolute Gasteiger partial charge is 0.305 e. The van der Waals surface area contributed by atoms with Crippen molar-refractivity contribution >= 4 is 17.7 Å². The first-order chi connectivity index (χ1) is 9.60. The minimum atomic E-state index is -2.16. The Morgan fingerprint density at radius 1 is 1.15 bits per heavy atom. The molecule has 0 aliphatic rings. The van der Waals surface area contributed by atoms with Gasteiger partial charge in [-0.15, -0.1) is 0 Å². The second-order valence-electron chi connectivity index (χ2n) is 4.93. The van der Waals surface area contributed by atoms with Crippen LogP contribution in [0.4, 0.5) is 8.78 Å². The number of ether oxygens (including phenoxy) is 1. The highest BCUT2D eigenvalue weighted by molar-refractivity contribution is 7.99. The number of hydrogen-bond donors (Lipinski definition) is 0. The normalized spacial score (nSPS) is 12.7. The second kappa shape index (κ2) is 13.7. The first kappa shape index (κ1) is 19.7. The number of esters is 1. The number of thioether (sulfide) groups is 1. The molecule has 0 aliphatic heterocycles. The third-order valence-corrected chi connectivity index (χ3v) is 4.48. The maximum atomic E-state index is 11.9. The summed E-state index contributed by atoms with van der Waals surface area (Å²) in [6.07, 6.45) is 3.72. The molecule has 2 nitrogen and oxygen atoms in total. The SMILES string of the molecule is CCCC(=O)OCC(CC)SCCCCCCC(F)F. The molecule has 1 unspecified atom stereocenters. The van der Waals surface area contributed by atoms with E-state index in [1.165, 1.54) is 0 Å². The lowest BCUT2D eigenvalue weighted by molar-refractivity contribution is -0.143. The Hall–Kier alpha value is -0.320. The first-order valence-electron chi connectivity index (χ1n) is 7.65. The second-order valence-corrected chi connectivity index (χ2v) is 6.34. The van der Waals surface area contributed by atoms with Gasteiger partial charge in [0.15, 0.2) is 0 Å². The van der Waals surface area contributed by atoms with Gasteiger partial charge in [0.2, 0.25) is 6.43 Å². The van der Waals surface area contributed by atoms with Crippen LogP contribution in [-0.4, -0.2) is 30.0 Å². The largest absolute Gasteiger partial charge is 0.464 e. The van der Waals surface area contributed by atoms with Crippen LogP contribution in [0.5, 0.6) is 0 Å². The minimum Gasteiger partial charge on any atom is -0.464 e. The predicted octanol–water partition coefficient (Wildman–Crippen LogP) is 5.06. The fourth-order valence-corrected chi connectivity index (χ4v) is 2.85. The molecule has 0 spiro atoms. The Kier molecular flexibility index (Phi) is 13.4. The van der Waals surface area contributed by atoms with Gasteiger partial charge < -0.3 is 4.74 Å². The van der Waals surface area contributed by atoms with E-state index in [0.717, 1.165) is 37.9 Å². The molecule has 0 aromatic heterocycles. The monoisotopic (exact) mass is 310 g/mol. The van der Waals surface area contributed by atoms with Gasteiger partial charge in [-0.3, -0.25) is 4.79 Å². The van der Waals surface area contributed by atoms with Gasteiger partial charge in [0, 0.05) is 18.1 Å².